The summed E-state index contributed by atoms with van der Waals surface area (Å²) in [4.78, 5) is 2.22. The van der Waals surface area contributed by atoms with Crippen molar-refractivity contribution in [3.8, 4) is 0 Å². The molecule has 0 aliphatic heterocycles. The van der Waals surface area contributed by atoms with Crippen LogP contribution in [0.1, 0.15) is 50.7 Å². The molecule has 0 atom stereocenters. The number of rotatable bonds is 3. The molecule has 24 heavy (non-hydrogen) atoms. The Hall–Kier alpha value is -1.70. The topological polar surface area (TPSA) is 3.24 Å². The normalized spacial score (nSPS) is 19.0. The van der Waals surface area contributed by atoms with Crippen molar-refractivity contribution in [1.29, 1.82) is 0 Å². The second-order valence-corrected chi connectivity index (χ2v) is 8.26. The van der Waals surface area contributed by atoms with Crippen LogP contribution in [0.2, 0.25) is 0 Å². The van der Waals surface area contributed by atoms with Crippen LogP contribution in [0.4, 0.5) is 11.4 Å². The first-order valence-corrected chi connectivity index (χ1v) is 8.99. The molecule has 2 radical (unpaired) electrons. The van der Waals surface area contributed by atoms with Gasteiger partial charge in [0, 0.05) is 18.4 Å². The van der Waals surface area contributed by atoms with Crippen molar-refractivity contribution in [3.05, 3.63) is 59.7 Å². The van der Waals surface area contributed by atoms with Gasteiger partial charge in [0.1, 0.15) is 0 Å². The summed E-state index contributed by atoms with van der Waals surface area (Å²) in [5, 5.41) is -0.156. The monoisotopic (exact) mass is 317 g/mol. The fourth-order valence-electron chi connectivity index (χ4n) is 3.60. The van der Waals surface area contributed by atoms with E-state index in [4.69, 9.17) is 7.85 Å². The predicted octanol–water partition coefficient (Wildman–Crippen LogP) is 5.73. The molecule has 1 aliphatic carbocycles. The number of anilines is 2. The lowest BCUT2D eigenvalue weighted by Gasteiger charge is -2.42. The van der Waals surface area contributed by atoms with Gasteiger partial charge in [0.2, 0.25) is 0 Å². The summed E-state index contributed by atoms with van der Waals surface area (Å²) >= 11 is 0. The van der Waals surface area contributed by atoms with E-state index in [1.165, 1.54) is 35.3 Å². The third-order valence-corrected chi connectivity index (χ3v) is 5.75. The first-order chi connectivity index (χ1) is 11.3. The fraction of sp³-hybridized carbons (Fsp3) is 0.455. The lowest BCUT2D eigenvalue weighted by atomic mass is 9.53. The van der Waals surface area contributed by atoms with E-state index in [0.717, 1.165) is 12.8 Å². The lowest BCUT2D eigenvalue weighted by Crippen LogP contribution is -2.35. The second kappa shape index (κ2) is 6.31. The van der Waals surface area contributed by atoms with Crippen LogP contribution in [0.25, 0.3) is 0 Å². The second-order valence-electron chi connectivity index (χ2n) is 8.26. The van der Waals surface area contributed by atoms with Gasteiger partial charge in [0.15, 0.2) is 0 Å². The Morgan fingerprint density at radius 1 is 0.792 bits per heavy atom. The Labute approximate surface area is 148 Å². The molecular weight excluding hydrogens is 289 g/mol. The number of benzene rings is 2. The summed E-state index contributed by atoms with van der Waals surface area (Å²) in [6.45, 7) is 6.82. The van der Waals surface area contributed by atoms with E-state index in [2.05, 4.69) is 81.2 Å². The molecule has 0 saturated heterocycles. The summed E-state index contributed by atoms with van der Waals surface area (Å²) in [7, 11) is 8.85. The Bertz CT molecular complexity index is 675. The molecule has 0 amide bonds. The van der Waals surface area contributed by atoms with E-state index in [0.29, 0.717) is 5.41 Å². The molecule has 124 valence electrons. The Balaban J connectivity index is 1.77. The van der Waals surface area contributed by atoms with Crippen molar-refractivity contribution in [2.75, 3.05) is 11.9 Å². The van der Waals surface area contributed by atoms with Crippen LogP contribution in [0.15, 0.2) is 48.5 Å². The first-order valence-electron chi connectivity index (χ1n) is 8.99. The van der Waals surface area contributed by atoms with E-state index < -0.39 is 0 Å². The maximum Gasteiger partial charge on any atom is 0.0810 e. The minimum atomic E-state index is -0.156. The number of hydrogen-bond acceptors (Lipinski definition) is 1. The Kier molecular flexibility index (Phi) is 4.51. The minimum Gasteiger partial charge on any atom is -0.345 e. The Morgan fingerprint density at radius 2 is 1.25 bits per heavy atom. The number of aryl methyl sites for hydroxylation is 1. The van der Waals surface area contributed by atoms with Gasteiger partial charge in [-0.2, -0.15) is 0 Å². The standard InChI is InChI=1S/C22H28BN/c1-17-5-9-19(10-6-17)24(4)20-11-7-18(8-12-20)22(23)15-13-21(2,3)14-16-22/h5-12H,13-16H2,1-4H3. The van der Waals surface area contributed by atoms with Crippen molar-refractivity contribution in [2.45, 2.75) is 51.8 Å². The highest BCUT2D eigenvalue weighted by atomic mass is 15.1. The van der Waals surface area contributed by atoms with Gasteiger partial charge in [-0.3, -0.25) is 0 Å². The van der Waals surface area contributed by atoms with Crippen LogP contribution in [-0.2, 0) is 5.31 Å². The molecule has 1 aliphatic rings. The predicted molar refractivity (Wildman–Crippen MR) is 105 cm³/mol. The summed E-state index contributed by atoms with van der Waals surface area (Å²) in [6.07, 6.45) is 4.56. The van der Waals surface area contributed by atoms with Gasteiger partial charge in [-0.05, 0) is 54.8 Å². The van der Waals surface area contributed by atoms with E-state index in [1.54, 1.807) is 0 Å². The molecule has 3 rings (SSSR count). The SMILES string of the molecule is [B]C1(c2ccc(N(C)c3ccc(C)cc3)cc2)CCC(C)(C)CC1. The summed E-state index contributed by atoms with van der Waals surface area (Å²) < 4.78 is 0. The van der Waals surface area contributed by atoms with Crippen LogP contribution in [0.3, 0.4) is 0 Å². The lowest BCUT2D eigenvalue weighted by molar-refractivity contribution is 0.206. The van der Waals surface area contributed by atoms with Crippen LogP contribution in [0, 0.1) is 12.3 Å². The van der Waals surface area contributed by atoms with Gasteiger partial charge >= 0.3 is 0 Å². The Morgan fingerprint density at radius 3 is 1.75 bits per heavy atom. The quantitative estimate of drug-likeness (QED) is 0.654. The molecule has 0 aromatic heterocycles. The zero-order valence-corrected chi connectivity index (χ0v) is 15.5. The highest BCUT2D eigenvalue weighted by Gasteiger charge is 2.35. The molecule has 2 heteroatoms. The number of hydrogen-bond donors (Lipinski definition) is 0. The molecule has 2 aromatic rings. The maximum atomic E-state index is 6.74. The zero-order valence-electron chi connectivity index (χ0n) is 15.5. The van der Waals surface area contributed by atoms with Gasteiger partial charge in [-0.1, -0.05) is 62.1 Å². The van der Waals surface area contributed by atoms with Crippen LogP contribution >= 0.6 is 0 Å². The van der Waals surface area contributed by atoms with Crippen molar-refractivity contribution in [1.82, 2.24) is 0 Å². The summed E-state index contributed by atoms with van der Waals surface area (Å²) in [5.74, 6) is 0. The average molecular weight is 317 g/mol. The van der Waals surface area contributed by atoms with Crippen molar-refractivity contribution in [3.63, 3.8) is 0 Å². The van der Waals surface area contributed by atoms with E-state index in [9.17, 15) is 0 Å². The van der Waals surface area contributed by atoms with Gasteiger partial charge < -0.3 is 4.90 Å². The third-order valence-electron chi connectivity index (χ3n) is 5.75. The van der Waals surface area contributed by atoms with Gasteiger partial charge in [-0.25, -0.2) is 0 Å². The largest absolute Gasteiger partial charge is 0.345 e. The molecular formula is C22H28BN. The van der Waals surface area contributed by atoms with Crippen LogP contribution in [0.5, 0.6) is 0 Å². The number of nitrogens with zero attached hydrogens (tertiary/aromatic N) is 1. The fourth-order valence-corrected chi connectivity index (χ4v) is 3.60. The first kappa shape index (κ1) is 17.1. The van der Waals surface area contributed by atoms with Crippen LogP contribution < -0.4 is 4.90 Å². The zero-order chi connectivity index (χ0) is 17.4. The van der Waals surface area contributed by atoms with Crippen molar-refractivity contribution >= 4 is 19.2 Å². The molecule has 1 nitrogen and oxygen atoms in total. The average Bonchev–Trinajstić information content (AvgIpc) is 2.58. The van der Waals surface area contributed by atoms with Gasteiger partial charge in [0.25, 0.3) is 0 Å². The van der Waals surface area contributed by atoms with Crippen molar-refractivity contribution < 1.29 is 0 Å². The highest BCUT2D eigenvalue weighted by Crippen LogP contribution is 2.45. The molecule has 0 heterocycles. The molecule has 0 spiro atoms. The highest BCUT2D eigenvalue weighted by molar-refractivity contribution is 6.16. The van der Waals surface area contributed by atoms with Crippen LogP contribution in [-0.4, -0.2) is 14.9 Å². The summed E-state index contributed by atoms with van der Waals surface area (Å²) in [5.41, 5.74) is 5.40. The molecule has 0 unspecified atom stereocenters. The van der Waals surface area contributed by atoms with E-state index in [-0.39, 0.29) is 5.31 Å². The third kappa shape index (κ3) is 3.53. The van der Waals surface area contributed by atoms with Gasteiger partial charge in [-0.15, -0.1) is 0 Å². The molecule has 2 aromatic carbocycles. The van der Waals surface area contributed by atoms with Gasteiger partial charge in [0.05, 0.1) is 7.85 Å². The van der Waals surface area contributed by atoms with E-state index >= 15 is 0 Å². The summed E-state index contributed by atoms with van der Waals surface area (Å²) in [6, 6.07) is 17.5. The molecule has 0 bridgehead atoms. The minimum absolute atomic E-state index is 0.156. The molecule has 1 saturated carbocycles. The van der Waals surface area contributed by atoms with E-state index in [1.807, 2.05) is 0 Å². The molecule has 1 fully saturated rings. The maximum absolute atomic E-state index is 6.74. The smallest absolute Gasteiger partial charge is 0.0810 e. The molecule has 0 N–H and O–H groups in total. The van der Waals surface area contributed by atoms with Crippen molar-refractivity contribution in [2.24, 2.45) is 5.41 Å².